The van der Waals surface area contributed by atoms with E-state index in [2.05, 4.69) is 15.8 Å². The minimum atomic E-state index is -0.985. The predicted molar refractivity (Wildman–Crippen MR) is 139 cm³/mol. The number of carbonyl (C=O) groups is 3. The summed E-state index contributed by atoms with van der Waals surface area (Å²) in [6, 6.07) is 11.1. The zero-order chi connectivity index (χ0) is 26.4. The summed E-state index contributed by atoms with van der Waals surface area (Å²) in [7, 11) is 0. The average molecular weight is 544 g/mol. The summed E-state index contributed by atoms with van der Waals surface area (Å²) in [6.45, 7) is 1.88. The number of carbonyl (C=O) groups excluding carboxylic acids is 3. The highest BCUT2D eigenvalue weighted by Gasteiger charge is 2.29. The number of rotatable bonds is 8. The Hall–Kier alpha value is -3.76. The van der Waals surface area contributed by atoms with E-state index in [1.807, 2.05) is 0 Å². The molecule has 0 spiro atoms. The summed E-state index contributed by atoms with van der Waals surface area (Å²) in [5.74, 6) is -2.41. The van der Waals surface area contributed by atoms with E-state index in [4.69, 9.17) is 21.1 Å². The number of hydrazone groups is 1. The van der Waals surface area contributed by atoms with Crippen molar-refractivity contribution in [3.05, 3.63) is 80.4 Å². The Morgan fingerprint density at radius 3 is 2.65 bits per heavy atom. The molecule has 2 aromatic carbocycles. The van der Waals surface area contributed by atoms with Crippen LogP contribution in [0.5, 0.6) is 5.75 Å². The van der Waals surface area contributed by atoms with Gasteiger partial charge in [-0.15, -0.1) is 11.3 Å². The number of halogens is 2. The first-order valence-corrected chi connectivity index (χ1v) is 12.7. The molecule has 0 unspecified atom stereocenters. The average Bonchev–Trinajstić information content (AvgIpc) is 3.45. The van der Waals surface area contributed by atoms with Crippen LogP contribution in [0.15, 0.2) is 47.6 Å². The molecule has 1 aromatic heterocycles. The number of nitrogens with one attached hydrogen (secondary N) is 2. The number of aryl methyl sites for hydroxylation is 1. The van der Waals surface area contributed by atoms with Crippen LogP contribution < -0.4 is 15.5 Å². The highest BCUT2D eigenvalue weighted by Crippen LogP contribution is 2.39. The Kier molecular flexibility index (Phi) is 8.52. The normalized spacial score (nSPS) is 12.3. The number of thiophene rings is 1. The fourth-order valence-electron chi connectivity index (χ4n) is 3.76. The molecule has 0 saturated heterocycles. The van der Waals surface area contributed by atoms with Crippen molar-refractivity contribution in [1.82, 2.24) is 5.43 Å². The second-order valence-electron chi connectivity index (χ2n) is 7.99. The van der Waals surface area contributed by atoms with Crippen LogP contribution in [0.4, 0.5) is 9.39 Å². The van der Waals surface area contributed by atoms with Gasteiger partial charge in [0.1, 0.15) is 23.2 Å². The van der Waals surface area contributed by atoms with Crippen molar-refractivity contribution in [3.8, 4) is 5.75 Å². The number of nitrogens with zero attached hydrogens (tertiary/aromatic N) is 1. The number of fused-ring (bicyclic) bond motifs is 1. The summed E-state index contributed by atoms with van der Waals surface area (Å²) >= 11 is 7.29. The molecule has 0 radical (unpaired) electrons. The van der Waals surface area contributed by atoms with Crippen molar-refractivity contribution >= 4 is 51.9 Å². The van der Waals surface area contributed by atoms with Crippen molar-refractivity contribution in [1.29, 1.82) is 0 Å². The van der Waals surface area contributed by atoms with Crippen LogP contribution in [0, 0.1) is 5.82 Å². The lowest BCUT2D eigenvalue weighted by atomic mass is 10.1. The molecule has 11 heteroatoms. The van der Waals surface area contributed by atoms with Gasteiger partial charge < -0.3 is 14.8 Å². The number of anilines is 1. The van der Waals surface area contributed by atoms with Gasteiger partial charge in [0, 0.05) is 10.4 Å². The number of esters is 1. The van der Waals surface area contributed by atoms with E-state index >= 15 is 0 Å². The lowest BCUT2D eigenvalue weighted by Gasteiger charge is -2.09. The summed E-state index contributed by atoms with van der Waals surface area (Å²) < 4.78 is 24.6. The first-order valence-electron chi connectivity index (χ1n) is 11.5. The number of hydrogen-bond acceptors (Lipinski definition) is 7. The number of ether oxygens (including phenoxy) is 2. The van der Waals surface area contributed by atoms with E-state index in [0.717, 1.165) is 29.7 Å². The first-order chi connectivity index (χ1) is 17.9. The standard InChI is InChI=1S/C26H23ClFN3O5S/c1-2-35-26(34)22-17-5-3-8-21(17)37-25(22)30-23(32)24(33)31-29-13-15-9-11-16(12-10-15)36-14-18-19(27)6-4-7-20(18)28/h4,6-7,9-13H,2-3,5,8,14H2,1H3,(H,30,32)(H,31,33)/b29-13+. The molecule has 2 N–H and O–H groups in total. The van der Waals surface area contributed by atoms with Crippen molar-refractivity contribution in [2.75, 3.05) is 11.9 Å². The van der Waals surface area contributed by atoms with Gasteiger partial charge in [0.25, 0.3) is 0 Å². The van der Waals surface area contributed by atoms with Gasteiger partial charge in [0.05, 0.1) is 23.4 Å². The molecule has 0 saturated carbocycles. The Balaban J connectivity index is 1.31. The molecule has 8 nitrogen and oxygen atoms in total. The van der Waals surface area contributed by atoms with Crippen LogP contribution in [-0.4, -0.2) is 30.6 Å². The highest BCUT2D eigenvalue weighted by molar-refractivity contribution is 7.17. The van der Waals surface area contributed by atoms with Gasteiger partial charge in [-0.2, -0.15) is 5.10 Å². The van der Waals surface area contributed by atoms with Gasteiger partial charge >= 0.3 is 17.8 Å². The van der Waals surface area contributed by atoms with Crippen LogP contribution in [0.25, 0.3) is 0 Å². The number of benzene rings is 2. The second kappa shape index (κ2) is 12.0. The van der Waals surface area contributed by atoms with Crippen LogP contribution in [-0.2, 0) is 33.8 Å². The molecule has 2 amide bonds. The van der Waals surface area contributed by atoms with E-state index in [9.17, 15) is 18.8 Å². The molecule has 37 heavy (non-hydrogen) atoms. The van der Waals surface area contributed by atoms with Crippen molar-refractivity contribution in [3.63, 3.8) is 0 Å². The molecule has 3 aromatic rings. The fourth-order valence-corrected chi connectivity index (χ4v) is 5.25. The molecule has 192 valence electrons. The highest BCUT2D eigenvalue weighted by atomic mass is 35.5. The largest absolute Gasteiger partial charge is 0.489 e. The Morgan fingerprint density at radius 2 is 1.92 bits per heavy atom. The van der Waals surface area contributed by atoms with Crippen molar-refractivity contribution in [2.24, 2.45) is 5.10 Å². The molecule has 4 rings (SSSR count). The Morgan fingerprint density at radius 1 is 1.14 bits per heavy atom. The Bertz CT molecular complexity index is 1340. The molecule has 0 bridgehead atoms. The quantitative estimate of drug-likeness (QED) is 0.182. The van der Waals surface area contributed by atoms with E-state index in [1.165, 1.54) is 29.7 Å². The maximum absolute atomic E-state index is 13.9. The number of hydrogen-bond donors (Lipinski definition) is 2. The third-order valence-electron chi connectivity index (χ3n) is 5.54. The zero-order valence-electron chi connectivity index (χ0n) is 19.8. The van der Waals surface area contributed by atoms with Crippen LogP contribution in [0.1, 0.15) is 45.3 Å². The second-order valence-corrected chi connectivity index (χ2v) is 9.51. The van der Waals surface area contributed by atoms with Crippen molar-refractivity contribution < 1.29 is 28.2 Å². The number of amides is 2. The summed E-state index contributed by atoms with van der Waals surface area (Å²) in [6.07, 6.45) is 3.84. The van der Waals surface area contributed by atoms with Gasteiger partial charge in [0.15, 0.2) is 0 Å². The van der Waals surface area contributed by atoms with E-state index < -0.39 is 23.6 Å². The summed E-state index contributed by atoms with van der Waals surface area (Å²) in [4.78, 5) is 38.1. The van der Waals surface area contributed by atoms with Gasteiger partial charge in [0.2, 0.25) is 0 Å². The van der Waals surface area contributed by atoms with Crippen LogP contribution >= 0.6 is 22.9 Å². The third kappa shape index (κ3) is 6.33. The molecule has 0 fully saturated rings. The molecule has 0 atom stereocenters. The maximum atomic E-state index is 13.9. The molecule has 1 aliphatic carbocycles. The summed E-state index contributed by atoms with van der Waals surface area (Å²) in [5, 5.41) is 6.90. The van der Waals surface area contributed by atoms with Crippen molar-refractivity contribution in [2.45, 2.75) is 32.8 Å². The lowest BCUT2D eigenvalue weighted by Crippen LogP contribution is -2.32. The molecule has 1 heterocycles. The van der Waals surface area contributed by atoms with Gasteiger partial charge in [-0.05, 0) is 73.7 Å². The van der Waals surface area contributed by atoms with E-state index in [1.54, 1.807) is 37.3 Å². The smallest absolute Gasteiger partial charge is 0.341 e. The van der Waals surface area contributed by atoms with Gasteiger partial charge in [-0.25, -0.2) is 14.6 Å². The topological polar surface area (TPSA) is 106 Å². The zero-order valence-corrected chi connectivity index (χ0v) is 21.4. The van der Waals surface area contributed by atoms with E-state index in [0.29, 0.717) is 21.9 Å². The minimum absolute atomic E-state index is 0.0325. The minimum Gasteiger partial charge on any atom is -0.489 e. The molecular weight excluding hydrogens is 521 g/mol. The first kappa shape index (κ1) is 26.3. The van der Waals surface area contributed by atoms with Gasteiger partial charge in [-0.1, -0.05) is 17.7 Å². The Labute approximate surface area is 221 Å². The molecule has 0 aliphatic heterocycles. The molecular formula is C26H23ClFN3O5S. The maximum Gasteiger partial charge on any atom is 0.341 e. The van der Waals surface area contributed by atoms with Crippen LogP contribution in [0.2, 0.25) is 5.02 Å². The monoisotopic (exact) mass is 543 g/mol. The van der Waals surface area contributed by atoms with Gasteiger partial charge in [-0.3, -0.25) is 9.59 Å². The fraction of sp³-hybridized carbons (Fsp3) is 0.231. The molecule has 1 aliphatic rings. The van der Waals surface area contributed by atoms with E-state index in [-0.39, 0.29) is 23.8 Å². The third-order valence-corrected chi connectivity index (χ3v) is 7.10. The predicted octanol–water partition coefficient (Wildman–Crippen LogP) is 4.87. The lowest BCUT2D eigenvalue weighted by molar-refractivity contribution is -0.136. The van der Waals surface area contributed by atoms with Crippen LogP contribution in [0.3, 0.4) is 0 Å². The SMILES string of the molecule is CCOC(=O)c1c(NC(=O)C(=O)N/N=C/c2ccc(OCc3c(F)cccc3Cl)cc2)sc2c1CCC2. The summed E-state index contributed by atoms with van der Waals surface area (Å²) in [5.41, 5.74) is 4.25.